The SMILES string of the molecule is CC.Cc1ccc(/C(C=N)=C/N)cc1F. The Hall–Kier alpha value is -1.64. The lowest BCUT2D eigenvalue weighted by Gasteiger charge is -2.02. The maximum atomic E-state index is 13.1. The van der Waals surface area contributed by atoms with Crippen molar-refractivity contribution in [3.8, 4) is 0 Å². The van der Waals surface area contributed by atoms with E-state index in [-0.39, 0.29) is 5.82 Å². The molecule has 0 aliphatic heterocycles. The summed E-state index contributed by atoms with van der Waals surface area (Å²) in [7, 11) is 0. The lowest BCUT2D eigenvalue weighted by atomic mass is 10.1. The summed E-state index contributed by atoms with van der Waals surface area (Å²) in [6, 6.07) is 4.78. The van der Waals surface area contributed by atoms with Gasteiger partial charge >= 0.3 is 0 Å². The molecule has 0 amide bonds. The topological polar surface area (TPSA) is 49.9 Å². The van der Waals surface area contributed by atoms with E-state index in [2.05, 4.69) is 0 Å². The van der Waals surface area contributed by atoms with Crippen LogP contribution in [0.5, 0.6) is 0 Å². The van der Waals surface area contributed by atoms with E-state index in [0.717, 1.165) is 6.21 Å². The van der Waals surface area contributed by atoms with Gasteiger partial charge in [0.15, 0.2) is 0 Å². The lowest BCUT2D eigenvalue weighted by molar-refractivity contribution is 0.618. The van der Waals surface area contributed by atoms with Gasteiger partial charge in [-0.2, -0.15) is 0 Å². The Bertz CT molecular complexity index is 357. The quantitative estimate of drug-likeness (QED) is 0.721. The molecule has 82 valence electrons. The van der Waals surface area contributed by atoms with Gasteiger partial charge < -0.3 is 11.1 Å². The van der Waals surface area contributed by atoms with Gasteiger partial charge in [0.2, 0.25) is 0 Å². The molecule has 0 radical (unpaired) electrons. The molecular formula is C12H17FN2. The molecular weight excluding hydrogens is 191 g/mol. The first-order chi connectivity index (χ1) is 7.19. The molecule has 0 aromatic heterocycles. The molecule has 3 N–H and O–H groups in total. The molecule has 0 saturated carbocycles. The van der Waals surface area contributed by atoms with Crippen LogP contribution < -0.4 is 5.73 Å². The second-order valence-corrected chi connectivity index (χ2v) is 2.73. The number of hydrogen-bond donors (Lipinski definition) is 2. The van der Waals surface area contributed by atoms with Crippen LogP contribution in [0.25, 0.3) is 5.57 Å². The van der Waals surface area contributed by atoms with Crippen molar-refractivity contribution in [2.75, 3.05) is 0 Å². The number of nitrogens with one attached hydrogen (secondary N) is 1. The Morgan fingerprint density at radius 3 is 2.40 bits per heavy atom. The molecule has 0 heterocycles. The van der Waals surface area contributed by atoms with Gasteiger partial charge in [-0.05, 0) is 24.1 Å². The maximum Gasteiger partial charge on any atom is 0.126 e. The highest BCUT2D eigenvalue weighted by molar-refractivity contribution is 6.08. The zero-order chi connectivity index (χ0) is 11.8. The number of aryl methyl sites for hydroxylation is 1. The molecule has 0 aliphatic rings. The summed E-state index contributed by atoms with van der Waals surface area (Å²) in [4.78, 5) is 0. The summed E-state index contributed by atoms with van der Waals surface area (Å²) in [6.45, 7) is 5.69. The Labute approximate surface area is 90.1 Å². The van der Waals surface area contributed by atoms with Crippen molar-refractivity contribution in [1.82, 2.24) is 0 Å². The van der Waals surface area contributed by atoms with E-state index in [1.165, 1.54) is 12.3 Å². The van der Waals surface area contributed by atoms with Gasteiger partial charge in [-0.15, -0.1) is 0 Å². The van der Waals surface area contributed by atoms with Crippen LogP contribution in [0.2, 0.25) is 0 Å². The number of rotatable bonds is 2. The van der Waals surface area contributed by atoms with Crippen LogP contribution in [0.4, 0.5) is 4.39 Å². The number of benzene rings is 1. The molecule has 15 heavy (non-hydrogen) atoms. The van der Waals surface area contributed by atoms with Crippen LogP contribution in [0, 0.1) is 18.2 Å². The summed E-state index contributed by atoms with van der Waals surface area (Å²) < 4.78 is 13.1. The zero-order valence-electron chi connectivity index (χ0n) is 9.34. The number of halogens is 1. The van der Waals surface area contributed by atoms with Crippen molar-refractivity contribution in [1.29, 1.82) is 5.41 Å². The minimum atomic E-state index is -0.279. The van der Waals surface area contributed by atoms with Gasteiger partial charge in [0.05, 0.1) is 0 Å². The predicted octanol–water partition coefficient (Wildman–Crippen LogP) is 3.11. The summed E-state index contributed by atoms with van der Waals surface area (Å²) in [6.07, 6.45) is 2.39. The van der Waals surface area contributed by atoms with Crippen molar-refractivity contribution < 1.29 is 4.39 Å². The molecule has 0 fully saturated rings. The molecule has 2 nitrogen and oxygen atoms in total. The van der Waals surface area contributed by atoms with Crippen molar-refractivity contribution in [3.63, 3.8) is 0 Å². The van der Waals surface area contributed by atoms with Gasteiger partial charge in [0.25, 0.3) is 0 Å². The molecule has 0 unspecified atom stereocenters. The van der Waals surface area contributed by atoms with Gasteiger partial charge in [0, 0.05) is 18.0 Å². The monoisotopic (exact) mass is 208 g/mol. The Kier molecular flexibility index (Phi) is 6.02. The molecule has 1 aromatic carbocycles. The first-order valence-corrected chi connectivity index (χ1v) is 4.88. The normalized spacial score (nSPS) is 10.3. The van der Waals surface area contributed by atoms with Gasteiger partial charge in [0.1, 0.15) is 5.82 Å². The molecule has 1 aromatic rings. The largest absolute Gasteiger partial charge is 0.404 e. The second kappa shape index (κ2) is 6.76. The third kappa shape index (κ3) is 3.54. The van der Waals surface area contributed by atoms with E-state index in [9.17, 15) is 4.39 Å². The fraction of sp³-hybridized carbons (Fsp3) is 0.250. The van der Waals surface area contributed by atoms with Crippen LogP contribution in [-0.2, 0) is 0 Å². The highest BCUT2D eigenvalue weighted by Crippen LogP contribution is 2.15. The van der Waals surface area contributed by atoms with Gasteiger partial charge in [-0.1, -0.05) is 26.0 Å². The van der Waals surface area contributed by atoms with Crippen molar-refractivity contribution >= 4 is 11.8 Å². The van der Waals surface area contributed by atoms with E-state index in [4.69, 9.17) is 11.1 Å². The van der Waals surface area contributed by atoms with Crippen LogP contribution in [0.1, 0.15) is 25.0 Å². The van der Waals surface area contributed by atoms with E-state index in [0.29, 0.717) is 16.7 Å². The average molecular weight is 208 g/mol. The van der Waals surface area contributed by atoms with E-state index in [1.54, 1.807) is 19.1 Å². The maximum absolute atomic E-state index is 13.1. The highest BCUT2D eigenvalue weighted by Gasteiger charge is 2.01. The number of hydrogen-bond acceptors (Lipinski definition) is 2. The Morgan fingerprint density at radius 1 is 1.40 bits per heavy atom. The summed E-state index contributed by atoms with van der Waals surface area (Å²) in [5.74, 6) is -0.279. The molecule has 0 atom stereocenters. The standard InChI is InChI=1S/C10H11FN2.C2H6/c1-7-2-3-8(4-10(7)11)9(5-12)6-13;1-2/h2-6,12H,13H2,1H3;1-2H3/b9-6+,12-5?;. The second-order valence-electron chi connectivity index (χ2n) is 2.73. The molecule has 0 aliphatic carbocycles. The number of nitrogens with two attached hydrogens (primary N) is 1. The van der Waals surface area contributed by atoms with Crippen LogP contribution in [-0.4, -0.2) is 6.21 Å². The minimum Gasteiger partial charge on any atom is -0.404 e. The van der Waals surface area contributed by atoms with Gasteiger partial charge in [-0.25, -0.2) is 4.39 Å². The van der Waals surface area contributed by atoms with Crippen LogP contribution in [0.3, 0.4) is 0 Å². The average Bonchev–Trinajstić information content (AvgIpc) is 2.28. The smallest absolute Gasteiger partial charge is 0.126 e. The molecule has 0 bridgehead atoms. The Balaban J connectivity index is 0.000000921. The number of allylic oxidation sites excluding steroid dienone is 1. The minimum absolute atomic E-state index is 0.279. The van der Waals surface area contributed by atoms with E-state index in [1.807, 2.05) is 13.8 Å². The third-order valence-corrected chi connectivity index (χ3v) is 1.84. The first-order valence-electron chi connectivity index (χ1n) is 4.88. The summed E-state index contributed by atoms with van der Waals surface area (Å²) >= 11 is 0. The Morgan fingerprint density at radius 2 is 2.00 bits per heavy atom. The van der Waals surface area contributed by atoms with E-state index < -0.39 is 0 Å². The molecule has 3 heteroatoms. The predicted molar refractivity (Wildman–Crippen MR) is 63.4 cm³/mol. The van der Waals surface area contributed by atoms with Crippen molar-refractivity contribution in [3.05, 3.63) is 41.3 Å². The molecule has 0 spiro atoms. The summed E-state index contributed by atoms with van der Waals surface area (Å²) in [5, 5.41) is 7.03. The van der Waals surface area contributed by atoms with Crippen LogP contribution in [0.15, 0.2) is 24.4 Å². The molecule has 0 saturated heterocycles. The third-order valence-electron chi connectivity index (χ3n) is 1.84. The summed E-state index contributed by atoms with van der Waals surface area (Å²) in [5.41, 5.74) is 6.99. The van der Waals surface area contributed by atoms with Crippen molar-refractivity contribution in [2.45, 2.75) is 20.8 Å². The first kappa shape index (κ1) is 13.4. The van der Waals surface area contributed by atoms with Crippen molar-refractivity contribution in [2.24, 2.45) is 5.73 Å². The van der Waals surface area contributed by atoms with Gasteiger partial charge in [-0.3, -0.25) is 0 Å². The molecule has 1 rings (SSSR count). The lowest BCUT2D eigenvalue weighted by Crippen LogP contribution is -1.92. The fourth-order valence-electron chi connectivity index (χ4n) is 1.00. The fourth-order valence-corrected chi connectivity index (χ4v) is 1.00. The highest BCUT2D eigenvalue weighted by atomic mass is 19.1. The van der Waals surface area contributed by atoms with E-state index >= 15 is 0 Å². The zero-order valence-corrected chi connectivity index (χ0v) is 9.34. The van der Waals surface area contributed by atoms with Crippen LogP contribution >= 0.6 is 0 Å².